The van der Waals surface area contributed by atoms with E-state index in [1.54, 1.807) is 12.1 Å². The van der Waals surface area contributed by atoms with Gasteiger partial charge in [0.25, 0.3) is 5.69 Å². The van der Waals surface area contributed by atoms with Crippen LogP contribution in [-0.4, -0.2) is 29.9 Å². The zero-order valence-electron chi connectivity index (χ0n) is 20.6. The van der Waals surface area contributed by atoms with Crippen LogP contribution in [0, 0.1) is 16.0 Å². The van der Waals surface area contributed by atoms with Crippen molar-refractivity contribution in [2.45, 2.75) is 45.6 Å². The molecule has 36 heavy (non-hydrogen) atoms. The van der Waals surface area contributed by atoms with E-state index >= 15 is 0 Å². The quantitative estimate of drug-likeness (QED) is 0.174. The molecular formula is C28H33N3O5. The Morgan fingerprint density at radius 1 is 0.944 bits per heavy atom. The smallest absolute Gasteiger partial charge is 0.409 e. The molecule has 0 saturated carbocycles. The van der Waals surface area contributed by atoms with Gasteiger partial charge < -0.3 is 14.8 Å². The highest BCUT2D eigenvalue weighted by Gasteiger charge is 2.28. The summed E-state index contributed by atoms with van der Waals surface area (Å²) in [5.41, 5.74) is 2.88. The van der Waals surface area contributed by atoms with E-state index in [1.807, 2.05) is 62.4 Å². The first-order chi connectivity index (χ1) is 17.5. The largest absolute Gasteiger partial charge is 0.445 e. The summed E-state index contributed by atoms with van der Waals surface area (Å²) in [4.78, 5) is 23.2. The van der Waals surface area contributed by atoms with Crippen LogP contribution in [0.5, 0.6) is 0 Å². The molecule has 0 spiro atoms. The maximum Gasteiger partial charge on any atom is 0.409 e. The van der Waals surface area contributed by atoms with Gasteiger partial charge in [-0.15, -0.1) is 0 Å². The number of anilines is 1. The normalized spacial score (nSPS) is 13.3. The molecule has 0 aromatic heterocycles. The molecule has 1 unspecified atom stereocenters. The van der Waals surface area contributed by atoms with Gasteiger partial charge in [-0.3, -0.25) is 15.4 Å². The highest BCUT2D eigenvalue weighted by Crippen LogP contribution is 2.23. The lowest BCUT2D eigenvalue weighted by Gasteiger charge is -2.32. The first-order valence-electron chi connectivity index (χ1n) is 12.1. The molecule has 2 N–H and O–H groups in total. The van der Waals surface area contributed by atoms with Gasteiger partial charge >= 0.3 is 6.09 Å². The number of aryl methyl sites for hydroxylation is 1. The third kappa shape index (κ3) is 8.39. The lowest BCUT2D eigenvalue weighted by Crippen LogP contribution is -2.47. The molecule has 3 aromatic carbocycles. The molecule has 190 valence electrons. The Morgan fingerprint density at radius 3 is 2.14 bits per heavy atom. The van der Waals surface area contributed by atoms with E-state index in [-0.39, 0.29) is 24.3 Å². The van der Waals surface area contributed by atoms with Crippen LogP contribution in [0.25, 0.3) is 0 Å². The van der Waals surface area contributed by atoms with Crippen molar-refractivity contribution < 1.29 is 19.2 Å². The highest BCUT2D eigenvalue weighted by atomic mass is 16.6. The molecule has 0 bridgehead atoms. The lowest BCUT2D eigenvalue weighted by molar-refractivity contribution is -0.384. The molecule has 8 nitrogen and oxygen atoms in total. The number of hydrogen-bond donors (Lipinski definition) is 2. The monoisotopic (exact) mass is 491 g/mol. The van der Waals surface area contributed by atoms with Crippen molar-refractivity contribution in [1.29, 1.82) is 0 Å². The standard InChI is InChI=1S/C28H33N3O5/c1-3-35-27(30-28(32)36-20-23-12-8-5-9-13-23)21(2)26(19-14-22-10-6-4-7-11-22)29-24-15-17-25(18-16-24)31(33)34/h4-13,15-18,21,26-27,29H,3,14,19-20H2,1-2H3,(H,30,32)/t21-,26-,27?/m1/s1. The average molecular weight is 492 g/mol. The number of amides is 1. The molecule has 0 fully saturated rings. The summed E-state index contributed by atoms with van der Waals surface area (Å²) in [5, 5.41) is 17.4. The third-order valence-corrected chi connectivity index (χ3v) is 5.95. The molecule has 0 aliphatic heterocycles. The number of hydrogen-bond acceptors (Lipinski definition) is 6. The van der Waals surface area contributed by atoms with E-state index in [0.717, 1.165) is 24.1 Å². The number of non-ortho nitro benzene ring substituents is 1. The molecule has 0 heterocycles. The molecular weight excluding hydrogens is 458 g/mol. The maximum absolute atomic E-state index is 12.6. The predicted molar refractivity (Wildman–Crippen MR) is 140 cm³/mol. The first kappa shape index (κ1) is 26.7. The number of rotatable bonds is 13. The van der Waals surface area contributed by atoms with Gasteiger partial charge in [0.2, 0.25) is 0 Å². The van der Waals surface area contributed by atoms with Gasteiger partial charge in [-0.1, -0.05) is 67.6 Å². The minimum absolute atomic E-state index is 0.0319. The fourth-order valence-corrected chi connectivity index (χ4v) is 3.92. The van der Waals surface area contributed by atoms with Gasteiger partial charge in [0.05, 0.1) is 4.92 Å². The van der Waals surface area contributed by atoms with Crippen molar-refractivity contribution in [3.63, 3.8) is 0 Å². The number of ether oxygens (including phenoxy) is 2. The number of carbonyl (C=O) groups is 1. The van der Waals surface area contributed by atoms with Crippen molar-refractivity contribution in [1.82, 2.24) is 5.32 Å². The van der Waals surface area contributed by atoms with Crippen LogP contribution >= 0.6 is 0 Å². The molecule has 1 amide bonds. The van der Waals surface area contributed by atoms with Crippen LogP contribution in [0.3, 0.4) is 0 Å². The highest BCUT2D eigenvalue weighted by molar-refractivity contribution is 5.67. The van der Waals surface area contributed by atoms with Crippen molar-refractivity contribution in [2.24, 2.45) is 5.92 Å². The number of nitrogens with zero attached hydrogens (tertiary/aromatic N) is 1. The molecule has 3 atom stereocenters. The fraction of sp³-hybridized carbons (Fsp3) is 0.321. The zero-order valence-corrected chi connectivity index (χ0v) is 20.6. The molecule has 8 heteroatoms. The number of nitro benzene ring substituents is 1. The number of carbonyl (C=O) groups excluding carboxylic acids is 1. The van der Waals surface area contributed by atoms with E-state index in [2.05, 4.69) is 22.8 Å². The Morgan fingerprint density at radius 2 is 1.56 bits per heavy atom. The fourth-order valence-electron chi connectivity index (χ4n) is 3.92. The second kappa shape index (κ2) is 13.8. The van der Waals surface area contributed by atoms with Crippen molar-refractivity contribution in [3.05, 3.63) is 106 Å². The Kier molecular flexibility index (Phi) is 10.3. The van der Waals surface area contributed by atoms with E-state index in [4.69, 9.17) is 9.47 Å². The summed E-state index contributed by atoms with van der Waals surface area (Å²) >= 11 is 0. The van der Waals surface area contributed by atoms with Crippen LogP contribution < -0.4 is 10.6 Å². The molecule has 0 saturated heterocycles. The Bertz CT molecular complexity index is 1080. The lowest BCUT2D eigenvalue weighted by atomic mass is 9.93. The Labute approximate surface area is 211 Å². The van der Waals surface area contributed by atoms with Crippen LogP contribution in [0.1, 0.15) is 31.4 Å². The van der Waals surface area contributed by atoms with Gasteiger partial charge in [-0.05, 0) is 43.0 Å². The summed E-state index contributed by atoms with van der Waals surface area (Å²) < 4.78 is 11.3. The second-order valence-corrected chi connectivity index (χ2v) is 8.52. The number of nitro groups is 1. The second-order valence-electron chi connectivity index (χ2n) is 8.52. The average Bonchev–Trinajstić information content (AvgIpc) is 2.90. The Hall–Kier alpha value is -3.91. The van der Waals surface area contributed by atoms with Crippen LogP contribution in [-0.2, 0) is 22.5 Å². The van der Waals surface area contributed by atoms with Gasteiger partial charge in [0, 0.05) is 36.4 Å². The summed E-state index contributed by atoms with van der Waals surface area (Å²) in [6.45, 7) is 4.46. The van der Waals surface area contributed by atoms with Crippen LogP contribution in [0.2, 0.25) is 0 Å². The third-order valence-electron chi connectivity index (χ3n) is 5.95. The van der Waals surface area contributed by atoms with Gasteiger partial charge in [0.15, 0.2) is 0 Å². The van der Waals surface area contributed by atoms with E-state index in [1.165, 1.54) is 17.7 Å². The summed E-state index contributed by atoms with van der Waals surface area (Å²) in [7, 11) is 0. The molecule has 0 radical (unpaired) electrons. The van der Waals surface area contributed by atoms with Crippen LogP contribution in [0.4, 0.5) is 16.2 Å². The van der Waals surface area contributed by atoms with E-state index < -0.39 is 17.2 Å². The number of nitrogens with one attached hydrogen (secondary N) is 2. The van der Waals surface area contributed by atoms with Crippen molar-refractivity contribution in [2.75, 3.05) is 11.9 Å². The minimum Gasteiger partial charge on any atom is -0.445 e. The topological polar surface area (TPSA) is 103 Å². The zero-order chi connectivity index (χ0) is 25.8. The van der Waals surface area contributed by atoms with Crippen LogP contribution in [0.15, 0.2) is 84.9 Å². The summed E-state index contributed by atoms with van der Waals surface area (Å²) in [6, 6.07) is 25.8. The summed E-state index contributed by atoms with van der Waals surface area (Å²) in [6.07, 6.45) is 0.422. The molecule has 3 aromatic rings. The predicted octanol–water partition coefficient (Wildman–Crippen LogP) is 5.93. The van der Waals surface area contributed by atoms with Gasteiger partial charge in [-0.25, -0.2) is 4.79 Å². The molecule has 0 aliphatic carbocycles. The van der Waals surface area contributed by atoms with E-state index in [0.29, 0.717) is 6.61 Å². The van der Waals surface area contributed by atoms with Gasteiger partial charge in [-0.2, -0.15) is 0 Å². The molecule has 0 aliphatic rings. The summed E-state index contributed by atoms with van der Waals surface area (Å²) in [5.74, 6) is -0.145. The minimum atomic E-state index is -0.593. The first-order valence-corrected chi connectivity index (χ1v) is 12.1. The van der Waals surface area contributed by atoms with E-state index in [9.17, 15) is 14.9 Å². The van der Waals surface area contributed by atoms with Gasteiger partial charge in [0.1, 0.15) is 12.8 Å². The molecule has 3 rings (SSSR count). The number of benzene rings is 3. The maximum atomic E-state index is 12.6. The van der Waals surface area contributed by atoms with Crippen molar-refractivity contribution >= 4 is 17.5 Å². The van der Waals surface area contributed by atoms with Crippen molar-refractivity contribution in [3.8, 4) is 0 Å². The SMILES string of the molecule is CCOC(NC(=O)OCc1ccccc1)[C@H](C)[C@@H](CCc1ccccc1)Nc1ccc([N+](=O)[O-])cc1. The Balaban J connectivity index is 1.70. The number of alkyl carbamates (subject to hydrolysis) is 1.